The van der Waals surface area contributed by atoms with Crippen molar-refractivity contribution in [3.8, 4) is 0 Å². The molecule has 0 spiro atoms. The van der Waals surface area contributed by atoms with Crippen LogP contribution < -0.4 is 0 Å². The van der Waals surface area contributed by atoms with Gasteiger partial charge in [0, 0.05) is 25.7 Å². The number of hydrogen-bond donors (Lipinski definition) is 1. The molecule has 1 saturated heterocycles. The average Bonchev–Trinajstić information content (AvgIpc) is 3.63. The predicted octanol–water partition coefficient (Wildman–Crippen LogP) is 4.39. The number of aryl methyl sites for hydroxylation is 1. The van der Waals surface area contributed by atoms with Gasteiger partial charge in [-0.15, -0.1) is 0 Å². The van der Waals surface area contributed by atoms with E-state index in [0.29, 0.717) is 24.4 Å². The lowest BCUT2D eigenvalue weighted by molar-refractivity contribution is -0.123. The summed E-state index contributed by atoms with van der Waals surface area (Å²) in [5, 5.41) is 0. The summed E-state index contributed by atoms with van der Waals surface area (Å²) in [6.45, 7) is 5.24. The number of imidazole rings is 2. The fourth-order valence-electron chi connectivity index (χ4n) is 4.38. The zero-order chi connectivity index (χ0) is 27.1. The van der Waals surface area contributed by atoms with Crippen LogP contribution in [0.5, 0.6) is 0 Å². The van der Waals surface area contributed by atoms with Gasteiger partial charge in [-0.3, -0.25) is 14.6 Å². The van der Waals surface area contributed by atoms with Crippen molar-refractivity contribution in [1.82, 2.24) is 29.3 Å². The van der Waals surface area contributed by atoms with Crippen molar-refractivity contribution in [2.75, 3.05) is 13.7 Å². The van der Waals surface area contributed by atoms with E-state index in [4.69, 9.17) is 4.74 Å². The Bertz CT molecular complexity index is 1290. The zero-order valence-corrected chi connectivity index (χ0v) is 22.1. The van der Waals surface area contributed by atoms with Crippen molar-refractivity contribution >= 4 is 24.0 Å². The smallest absolute Gasteiger partial charge is 0.337 e. The largest absolute Gasteiger partial charge is 0.465 e. The van der Waals surface area contributed by atoms with E-state index in [1.54, 1.807) is 36.9 Å². The number of methoxy groups -OCH3 is 1. The van der Waals surface area contributed by atoms with Gasteiger partial charge < -0.3 is 14.3 Å². The Labute approximate surface area is 222 Å². The molecule has 0 bridgehead atoms. The molecule has 0 aliphatic carbocycles. The number of esters is 1. The second kappa shape index (κ2) is 12.4. The molecule has 0 atom stereocenters. The third-order valence-corrected chi connectivity index (χ3v) is 6.56. The molecule has 1 N–H and O–H groups in total. The predicted molar refractivity (Wildman–Crippen MR) is 142 cm³/mol. The summed E-state index contributed by atoms with van der Waals surface area (Å²) in [4.78, 5) is 53.1. The van der Waals surface area contributed by atoms with Crippen molar-refractivity contribution in [2.45, 2.75) is 59.0 Å². The Hall–Kier alpha value is -4.21. The van der Waals surface area contributed by atoms with Crippen LogP contribution in [0.25, 0.3) is 6.08 Å². The van der Waals surface area contributed by atoms with E-state index in [1.165, 1.54) is 16.9 Å². The van der Waals surface area contributed by atoms with Crippen LogP contribution in [-0.2, 0) is 29.0 Å². The number of amides is 3. The van der Waals surface area contributed by atoms with Crippen molar-refractivity contribution < 1.29 is 19.1 Å². The molecule has 1 aromatic carbocycles. The number of nitrogens with one attached hydrogen (secondary N) is 1. The van der Waals surface area contributed by atoms with Gasteiger partial charge in [-0.25, -0.2) is 19.6 Å². The SMILES string of the molecule is CCCCc1ncc(C=C2C(=O)N(CCCC)C(=O)N2Cc2cnc[nH]2)n1Cc1ccc(C(=O)OC)cc1. The Morgan fingerprint density at radius 3 is 2.45 bits per heavy atom. The van der Waals surface area contributed by atoms with Gasteiger partial charge in [0.1, 0.15) is 11.5 Å². The number of hydrogen-bond acceptors (Lipinski definition) is 6. The maximum absolute atomic E-state index is 13.4. The van der Waals surface area contributed by atoms with Crippen LogP contribution in [0.3, 0.4) is 0 Å². The lowest BCUT2D eigenvalue weighted by Crippen LogP contribution is -2.33. The van der Waals surface area contributed by atoms with E-state index in [0.717, 1.165) is 54.9 Å². The summed E-state index contributed by atoms with van der Waals surface area (Å²) in [5.74, 6) is 0.200. The van der Waals surface area contributed by atoms with Crippen molar-refractivity contribution in [3.63, 3.8) is 0 Å². The van der Waals surface area contributed by atoms with Crippen molar-refractivity contribution in [1.29, 1.82) is 0 Å². The highest BCUT2D eigenvalue weighted by Gasteiger charge is 2.40. The Morgan fingerprint density at radius 1 is 1.03 bits per heavy atom. The van der Waals surface area contributed by atoms with Crippen molar-refractivity contribution in [3.05, 3.63) is 77.0 Å². The highest BCUT2D eigenvalue weighted by atomic mass is 16.5. The van der Waals surface area contributed by atoms with Gasteiger partial charge in [0.05, 0.1) is 43.1 Å². The molecule has 1 fully saturated rings. The third kappa shape index (κ3) is 5.85. The van der Waals surface area contributed by atoms with Gasteiger partial charge in [0.25, 0.3) is 5.91 Å². The summed E-state index contributed by atoms with van der Waals surface area (Å²) >= 11 is 0. The summed E-state index contributed by atoms with van der Waals surface area (Å²) in [5.41, 5.74) is 3.23. The van der Waals surface area contributed by atoms with Crippen LogP contribution in [0.15, 0.2) is 48.7 Å². The number of H-pyrrole nitrogens is 1. The monoisotopic (exact) mass is 518 g/mol. The molecular formula is C28H34N6O4. The first-order valence-corrected chi connectivity index (χ1v) is 13.0. The van der Waals surface area contributed by atoms with Gasteiger partial charge in [0.15, 0.2) is 0 Å². The molecule has 0 radical (unpaired) electrons. The van der Waals surface area contributed by atoms with E-state index in [9.17, 15) is 14.4 Å². The minimum absolute atomic E-state index is 0.213. The maximum Gasteiger partial charge on any atom is 0.337 e. The number of benzene rings is 1. The number of carbonyl (C=O) groups excluding carboxylic acids is 3. The first-order valence-electron chi connectivity index (χ1n) is 13.0. The van der Waals surface area contributed by atoms with Gasteiger partial charge in [-0.05, 0) is 36.6 Å². The summed E-state index contributed by atoms with van der Waals surface area (Å²) in [7, 11) is 1.36. The molecule has 10 heteroatoms. The number of imide groups is 1. The molecule has 1 aliphatic rings. The molecule has 0 saturated carbocycles. The minimum Gasteiger partial charge on any atom is -0.465 e. The van der Waals surface area contributed by atoms with Crippen LogP contribution in [0.2, 0.25) is 0 Å². The third-order valence-electron chi connectivity index (χ3n) is 6.56. The molecule has 200 valence electrons. The topological polar surface area (TPSA) is 113 Å². The Kier molecular flexibility index (Phi) is 8.73. The van der Waals surface area contributed by atoms with E-state index in [-0.39, 0.29) is 24.5 Å². The number of urea groups is 1. The number of ether oxygens (including phenoxy) is 1. The molecule has 4 rings (SSSR count). The van der Waals surface area contributed by atoms with Crippen LogP contribution in [0.4, 0.5) is 4.79 Å². The number of unbranched alkanes of at least 4 members (excludes halogenated alkanes) is 2. The summed E-state index contributed by atoms with van der Waals surface area (Å²) in [6, 6.07) is 6.90. The second-order valence-electron chi connectivity index (χ2n) is 9.26. The average molecular weight is 519 g/mol. The first kappa shape index (κ1) is 26.8. The molecule has 3 amide bonds. The molecular weight excluding hydrogens is 484 g/mol. The molecule has 3 aromatic rings. The Morgan fingerprint density at radius 2 is 1.79 bits per heavy atom. The number of rotatable bonds is 12. The number of aromatic nitrogens is 4. The second-order valence-corrected chi connectivity index (χ2v) is 9.26. The lowest BCUT2D eigenvalue weighted by atomic mass is 10.1. The summed E-state index contributed by atoms with van der Waals surface area (Å²) in [6.07, 6.45) is 11.1. The van der Waals surface area contributed by atoms with E-state index >= 15 is 0 Å². The Balaban J connectivity index is 1.70. The van der Waals surface area contributed by atoms with Crippen LogP contribution in [0.1, 0.15) is 72.7 Å². The fraction of sp³-hybridized carbons (Fsp3) is 0.393. The number of nitrogens with zero attached hydrogens (tertiary/aromatic N) is 5. The quantitative estimate of drug-likeness (QED) is 0.216. The normalized spacial score (nSPS) is 14.7. The molecule has 2 aromatic heterocycles. The van der Waals surface area contributed by atoms with Gasteiger partial charge in [0.2, 0.25) is 0 Å². The van der Waals surface area contributed by atoms with E-state index in [2.05, 4.69) is 26.4 Å². The lowest BCUT2D eigenvalue weighted by Gasteiger charge is -2.16. The molecule has 0 unspecified atom stereocenters. The van der Waals surface area contributed by atoms with Gasteiger partial charge in [-0.1, -0.05) is 38.8 Å². The van der Waals surface area contributed by atoms with Crippen LogP contribution in [-0.4, -0.2) is 60.9 Å². The maximum atomic E-state index is 13.4. The number of aromatic amines is 1. The molecule has 38 heavy (non-hydrogen) atoms. The summed E-state index contributed by atoms with van der Waals surface area (Å²) < 4.78 is 6.87. The van der Waals surface area contributed by atoms with Crippen molar-refractivity contribution in [2.24, 2.45) is 0 Å². The fourth-order valence-corrected chi connectivity index (χ4v) is 4.38. The first-order chi connectivity index (χ1) is 18.5. The minimum atomic E-state index is -0.386. The van der Waals surface area contributed by atoms with Gasteiger partial charge >= 0.3 is 12.0 Å². The molecule has 3 heterocycles. The molecule has 1 aliphatic heterocycles. The standard InChI is InChI=1S/C28H34N6O4/c1-4-6-8-25-30-16-23(33(25)17-20-9-11-21(12-10-20)27(36)38-3)14-24-26(35)32(13-7-5-2)28(37)34(24)18-22-15-29-19-31-22/h9-12,14-16,19H,4-8,13,17-18H2,1-3H3,(H,29,31). The molecule has 10 nitrogen and oxygen atoms in total. The van der Waals surface area contributed by atoms with Crippen LogP contribution >= 0.6 is 0 Å². The highest BCUT2D eigenvalue weighted by Crippen LogP contribution is 2.27. The van der Waals surface area contributed by atoms with E-state index < -0.39 is 0 Å². The van der Waals surface area contributed by atoms with Gasteiger partial charge in [-0.2, -0.15) is 0 Å². The zero-order valence-electron chi connectivity index (χ0n) is 22.1. The van der Waals surface area contributed by atoms with E-state index in [1.807, 2.05) is 19.1 Å². The number of carbonyl (C=O) groups is 3. The highest BCUT2D eigenvalue weighted by molar-refractivity contribution is 6.13. The van der Waals surface area contributed by atoms with Crippen LogP contribution in [0, 0.1) is 0 Å².